The molecule has 0 bridgehead atoms. The summed E-state index contributed by atoms with van der Waals surface area (Å²) in [4.78, 5) is 22.6. The molecule has 128 valence electrons. The molecule has 0 aliphatic carbocycles. The minimum absolute atomic E-state index is 0.0493. The topological polar surface area (TPSA) is 89.6 Å². The zero-order valence-corrected chi connectivity index (χ0v) is 14.0. The first kappa shape index (κ1) is 16.9. The molecule has 7 heteroatoms. The normalized spacial score (nSPS) is 10.8. The van der Waals surface area contributed by atoms with Gasteiger partial charge in [-0.1, -0.05) is 6.07 Å². The number of nitrogens with two attached hydrogens (primary N) is 1. The second-order valence-corrected chi connectivity index (χ2v) is 6.51. The highest BCUT2D eigenvalue weighted by Crippen LogP contribution is 2.35. The van der Waals surface area contributed by atoms with Gasteiger partial charge in [0, 0.05) is 21.2 Å². The van der Waals surface area contributed by atoms with Crippen molar-refractivity contribution in [3.05, 3.63) is 63.8 Å². The molecule has 5 nitrogen and oxygen atoms in total. The number of amides is 1. The van der Waals surface area contributed by atoms with E-state index in [9.17, 15) is 19.1 Å². The number of carbonyl (C=O) groups is 2. The Bertz CT molecular complexity index is 979. The fraction of sp³-hybridized carbons (Fsp3) is 0.111. The van der Waals surface area contributed by atoms with Crippen molar-refractivity contribution in [3.63, 3.8) is 0 Å². The average Bonchev–Trinajstić information content (AvgIpc) is 2.96. The van der Waals surface area contributed by atoms with Crippen molar-refractivity contribution < 1.29 is 23.8 Å². The van der Waals surface area contributed by atoms with Gasteiger partial charge in [0.25, 0.3) is 0 Å². The summed E-state index contributed by atoms with van der Waals surface area (Å²) in [7, 11) is 0. The van der Waals surface area contributed by atoms with Crippen LogP contribution in [0.3, 0.4) is 0 Å². The van der Waals surface area contributed by atoms with Crippen LogP contribution in [0.15, 0.2) is 36.4 Å². The number of carboxylic acid groups (broad SMARTS) is 1. The molecule has 1 amide bonds. The minimum Gasteiger partial charge on any atom is -0.489 e. The number of ether oxygens (including phenoxy) is 1. The SMILES string of the molecule is Cc1ccc2sc(C(=O)O)c(COc3ccc(C(N)=O)cc3)c2c1F. The van der Waals surface area contributed by atoms with E-state index in [0.717, 1.165) is 11.3 Å². The molecular weight excluding hydrogens is 345 g/mol. The lowest BCUT2D eigenvalue weighted by Crippen LogP contribution is -2.10. The molecule has 0 aliphatic rings. The number of carboxylic acids is 1. The highest BCUT2D eigenvalue weighted by molar-refractivity contribution is 7.21. The first-order chi connectivity index (χ1) is 11.9. The van der Waals surface area contributed by atoms with E-state index in [-0.39, 0.29) is 16.9 Å². The summed E-state index contributed by atoms with van der Waals surface area (Å²) in [6, 6.07) is 9.44. The first-order valence-electron chi connectivity index (χ1n) is 7.35. The van der Waals surface area contributed by atoms with Crippen LogP contribution in [-0.4, -0.2) is 17.0 Å². The van der Waals surface area contributed by atoms with E-state index >= 15 is 0 Å². The third-order valence-electron chi connectivity index (χ3n) is 3.80. The number of fused-ring (bicyclic) bond motifs is 1. The van der Waals surface area contributed by atoms with Crippen molar-refractivity contribution in [2.24, 2.45) is 5.73 Å². The molecule has 0 saturated heterocycles. The van der Waals surface area contributed by atoms with Gasteiger partial charge in [-0.05, 0) is 42.8 Å². The number of hydrogen-bond acceptors (Lipinski definition) is 4. The molecule has 2 aromatic carbocycles. The van der Waals surface area contributed by atoms with E-state index in [0.29, 0.717) is 27.1 Å². The number of thiophene rings is 1. The Balaban J connectivity index is 1.97. The molecule has 1 aromatic heterocycles. The standard InChI is InChI=1S/C18H14FNO4S/c1-9-2-7-13-14(15(9)19)12(16(25-13)18(22)23)8-24-11-5-3-10(4-6-11)17(20)21/h2-7H,8H2,1H3,(H2,20,21)(H,22,23). The maximum atomic E-state index is 14.5. The van der Waals surface area contributed by atoms with Crippen molar-refractivity contribution >= 4 is 33.3 Å². The monoisotopic (exact) mass is 359 g/mol. The van der Waals surface area contributed by atoms with E-state index in [4.69, 9.17) is 10.5 Å². The Morgan fingerprint density at radius 3 is 2.48 bits per heavy atom. The summed E-state index contributed by atoms with van der Waals surface area (Å²) < 4.78 is 20.7. The lowest BCUT2D eigenvalue weighted by molar-refractivity contribution is 0.0699. The number of benzene rings is 2. The van der Waals surface area contributed by atoms with Crippen LogP contribution >= 0.6 is 11.3 Å². The number of halogens is 1. The second-order valence-electron chi connectivity index (χ2n) is 5.46. The molecule has 0 unspecified atom stereocenters. The van der Waals surface area contributed by atoms with Crippen molar-refractivity contribution in [1.29, 1.82) is 0 Å². The number of carbonyl (C=O) groups excluding carboxylic acids is 1. The molecule has 0 spiro atoms. The second kappa shape index (κ2) is 6.52. The van der Waals surface area contributed by atoms with Gasteiger partial charge in [-0.2, -0.15) is 0 Å². The lowest BCUT2D eigenvalue weighted by Gasteiger charge is -2.08. The predicted molar refractivity (Wildman–Crippen MR) is 92.8 cm³/mol. The molecule has 25 heavy (non-hydrogen) atoms. The smallest absolute Gasteiger partial charge is 0.346 e. The third-order valence-corrected chi connectivity index (χ3v) is 4.99. The maximum Gasteiger partial charge on any atom is 0.346 e. The molecule has 3 N–H and O–H groups in total. The Hall–Kier alpha value is -2.93. The molecule has 3 aromatic rings. The first-order valence-corrected chi connectivity index (χ1v) is 8.16. The van der Waals surface area contributed by atoms with Gasteiger partial charge in [-0.3, -0.25) is 4.79 Å². The van der Waals surface area contributed by atoms with Crippen molar-refractivity contribution in [1.82, 2.24) is 0 Å². The Morgan fingerprint density at radius 2 is 1.88 bits per heavy atom. The molecule has 0 atom stereocenters. The molecular formula is C18H14FNO4S. The third kappa shape index (κ3) is 3.18. The van der Waals surface area contributed by atoms with Crippen LogP contribution in [0.25, 0.3) is 10.1 Å². The van der Waals surface area contributed by atoms with Crippen LogP contribution < -0.4 is 10.5 Å². The lowest BCUT2D eigenvalue weighted by atomic mass is 10.1. The maximum absolute atomic E-state index is 14.5. The van der Waals surface area contributed by atoms with Gasteiger partial charge >= 0.3 is 5.97 Å². The molecule has 0 fully saturated rings. The predicted octanol–water partition coefficient (Wildman–Crippen LogP) is 3.72. The quantitative estimate of drug-likeness (QED) is 0.726. The van der Waals surface area contributed by atoms with Crippen molar-refractivity contribution in [3.8, 4) is 5.75 Å². The minimum atomic E-state index is -1.12. The molecule has 1 heterocycles. The van der Waals surface area contributed by atoms with Gasteiger partial charge in [0.2, 0.25) is 5.91 Å². The van der Waals surface area contributed by atoms with Gasteiger partial charge in [0.1, 0.15) is 23.1 Å². The van der Waals surface area contributed by atoms with Gasteiger partial charge in [-0.15, -0.1) is 11.3 Å². The van der Waals surface area contributed by atoms with Gasteiger partial charge < -0.3 is 15.6 Å². The van der Waals surface area contributed by atoms with Crippen LogP contribution in [-0.2, 0) is 6.61 Å². The van der Waals surface area contributed by atoms with Crippen LogP contribution in [0.2, 0.25) is 0 Å². The Morgan fingerprint density at radius 1 is 1.20 bits per heavy atom. The zero-order valence-electron chi connectivity index (χ0n) is 13.2. The van der Waals surface area contributed by atoms with Crippen LogP contribution in [0.4, 0.5) is 4.39 Å². The van der Waals surface area contributed by atoms with Crippen molar-refractivity contribution in [2.75, 3.05) is 0 Å². The highest BCUT2D eigenvalue weighted by Gasteiger charge is 2.21. The summed E-state index contributed by atoms with van der Waals surface area (Å²) in [6.07, 6.45) is 0. The number of aromatic carboxylic acids is 1. The summed E-state index contributed by atoms with van der Waals surface area (Å²) in [5, 5.41) is 9.68. The highest BCUT2D eigenvalue weighted by atomic mass is 32.1. The molecule has 0 saturated carbocycles. The Labute approximate surface area is 146 Å². The number of primary amides is 1. The summed E-state index contributed by atoms with van der Waals surface area (Å²) in [5.74, 6) is -1.69. The summed E-state index contributed by atoms with van der Waals surface area (Å²) in [5.41, 5.74) is 6.25. The molecule has 3 rings (SSSR count). The van der Waals surface area contributed by atoms with Crippen LogP contribution in [0, 0.1) is 12.7 Å². The van der Waals surface area contributed by atoms with Crippen LogP contribution in [0.5, 0.6) is 5.75 Å². The molecule has 0 radical (unpaired) electrons. The van der Waals surface area contributed by atoms with Crippen LogP contribution in [0.1, 0.15) is 31.2 Å². The van der Waals surface area contributed by atoms with E-state index in [1.807, 2.05) is 0 Å². The van der Waals surface area contributed by atoms with Gasteiger partial charge in [0.15, 0.2) is 0 Å². The van der Waals surface area contributed by atoms with E-state index in [1.165, 1.54) is 12.1 Å². The van der Waals surface area contributed by atoms with E-state index in [1.54, 1.807) is 31.2 Å². The fourth-order valence-electron chi connectivity index (χ4n) is 2.50. The largest absolute Gasteiger partial charge is 0.489 e. The van der Waals surface area contributed by atoms with Gasteiger partial charge in [-0.25, -0.2) is 9.18 Å². The zero-order chi connectivity index (χ0) is 18.1. The van der Waals surface area contributed by atoms with E-state index in [2.05, 4.69) is 0 Å². The fourth-order valence-corrected chi connectivity index (χ4v) is 3.54. The summed E-state index contributed by atoms with van der Waals surface area (Å²) >= 11 is 1.02. The number of rotatable bonds is 5. The molecule has 0 aliphatic heterocycles. The average molecular weight is 359 g/mol. The number of hydrogen-bond donors (Lipinski definition) is 2. The van der Waals surface area contributed by atoms with Gasteiger partial charge in [0.05, 0.1) is 0 Å². The number of aryl methyl sites for hydroxylation is 1. The Kier molecular flexibility index (Phi) is 4.41. The van der Waals surface area contributed by atoms with Crippen molar-refractivity contribution in [2.45, 2.75) is 13.5 Å². The summed E-state index contributed by atoms with van der Waals surface area (Å²) in [6.45, 7) is 1.53. The van der Waals surface area contributed by atoms with E-state index < -0.39 is 17.7 Å².